The van der Waals surface area contributed by atoms with Crippen molar-refractivity contribution >= 4 is 5.78 Å². The standard InChI is InChI=1S/C18H23NO2.C18H21NO2/c2*1-10-3-4-11-9-13-12-5-6-14(20)17-18(12,7-8-19(13)2)15(11)16(10)21-17/h3-4,12-14,17,20H,5-9H2,1-2H3;3-4,12-13,17H,5-9H2,1-2H3/t12?,13-,14+,17+,18+;12?,13-,17+,18+/m11/s1. The first-order valence-corrected chi connectivity index (χ1v) is 16.5. The number of aliphatic hydroxyl groups excluding tert-OH is 1. The van der Waals surface area contributed by atoms with Crippen molar-refractivity contribution in [1.29, 1.82) is 0 Å². The van der Waals surface area contributed by atoms with Gasteiger partial charge in [0.05, 0.1) is 6.10 Å². The van der Waals surface area contributed by atoms with Crippen LogP contribution in [0.3, 0.4) is 0 Å². The summed E-state index contributed by atoms with van der Waals surface area (Å²) in [6, 6.07) is 10.2. The van der Waals surface area contributed by atoms with Gasteiger partial charge in [-0.3, -0.25) is 4.79 Å². The monoisotopic (exact) mass is 568 g/mol. The molecule has 4 aliphatic heterocycles. The summed E-state index contributed by atoms with van der Waals surface area (Å²) < 4.78 is 12.7. The Balaban J connectivity index is 0.000000119. The van der Waals surface area contributed by atoms with E-state index < -0.39 is 0 Å². The van der Waals surface area contributed by atoms with Gasteiger partial charge in [-0.15, -0.1) is 0 Å². The molecule has 4 heterocycles. The Morgan fingerprint density at radius 1 is 0.786 bits per heavy atom. The minimum Gasteiger partial charge on any atom is -0.486 e. The number of ketones is 1. The summed E-state index contributed by atoms with van der Waals surface area (Å²) in [5, 5.41) is 10.6. The van der Waals surface area contributed by atoms with Crippen molar-refractivity contribution in [3.8, 4) is 11.5 Å². The quantitative estimate of drug-likeness (QED) is 0.513. The number of Topliss-reactive ketones (excluding diaryl/α,β-unsaturated/α-hetero) is 1. The molecule has 2 saturated carbocycles. The molecule has 9 atom stereocenters. The second-order valence-electron chi connectivity index (χ2n) is 15.0. The van der Waals surface area contributed by atoms with Gasteiger partial charge in [-0.1, -0.05) is 24.3 Å². The molecule has 4 aliphatic carbocycles. The number of likely N-dealkylation sites (N-methyl/N-ethyl adjacent to an activating group) is 2. The first-order chi connectivity index (χ1) is 20.3. The number of ether oxygens (including phenoxy) is 2. The Morgan fingerprint density at radius 2 is 1.36 bits per heavy atom. The smallest absolute Gasteiger partial charge is 0.174 e. The molecule has 0 radical (unpaired) electrons. The third kappa shape index (κ3) is 3.00. The molecule has 1 N–H and O–H groups in total. The predicted octanol–water partition coefficient (Wildman–Crippen LogP) is 4.26. The van der Waals surface area contributed by atoms with Crippen LogP contribution in [0.25, 0.3) is 0 Å². The maximum absolute atomic E-state index is 12.6. The van der Waals surface area contributed by atoms with E-state index in [1.165, 1.54) is 33.4 Å². The van der Waals surface area contributed by atoms with E-state index in [4.69, 9.17) is 9.47 Å². The zero-order valence-corrected chi connectivity index (χ0v) is 25.5. The minimum absolute atomic E-state index is 0.0115. The molecule has 2 aromatic rings. The maximum atomic E-state index is 12.6. The predicted molar refractivity (Wildman–Crippen MR) is 160 cm³/mol. The molecule has 8 aliphatic rings. The van der Waals surface area contributed by atoms with Gasteiger partial charge in [-0.2, -0.15) is 0 Å². The molecule has 0 amide bonds. The van der Waals surface area contributed by atoms with Crippen molar-refractivity contribution in [1.82, 2.24) is 9.80 Å². The molecular weight excluding hydrogens is 524 g/mol. The number of hydrogen-bond acceptors (Lipinski definition) is 6. The van der Waals surface area contributed by atoms with Crippen molar-refractivity contribution in [2.24, 2.45) is 11.8 Å². The molecule has 6 nitrogen and oxygen atoms in total. The van der Waals surface area contributed by atoms with Crippen LogP contribution in [0.1, 0.15) is 71.9 Å². The van der Waals surface area contributed by atoms with Crippen molar-refractivity contribution in [2.75, 3.05) is 27.2 Å². The van der Waals surface area contributed by atoms with Crippen LogP contribution < -0.4 is 9.47 Å². The molecule has 2 saturated heterocycles. The van der Waals surface area contributed by atoms with Crippen LogP contribution in [-0.4, -0.2) is 78.3 Å². The number of aryl methyl sites for hydroxylation is 2. The fourth-order valence-corrected chi connectivity index (χ4v) is 11.5. The Hall–Kier alpha value is -2.41. The highest BCUT2D eigenvalue weighted by Gasteiger charge is 2.66. The van der Waals surface area contributed by atoms with Gasteiger partial charge in [-0.25, -0.2) is 0 Å². The van der Waals surface area contributed by atoms with Crippen molar-refractivity contribution in [2.45, 2.75) is 106 Å². The molecule has 4 fully saturated rings. The van der Waals surface area contributed by atoms with E-state index >= 15 is 0 Å². The number of carbonyl (C=O) groups excluding carboxylic acids is 1. The van der Waals surface area contributed by atoms with Crippen LogP contribution in [0.5, 0.6) is 11.5 Å². The lowest BCUT2D eigenvalue weighted by Crippen LogP contribution is -2.66. The number of likely N-dealkylation sites (tertiary alicyclic amines) is 2. The SMILES string of the molecule is Cc1ccc2c3c1O[C@H]1C(=O)CCC4[C@@H](C2)N(C)CC[C@@]341.Cc1ccc2c3c1O[C@H]1[C@@H](O)CCC4[C@@H](C2)N(C)CC[C@@]341. The topological polar surface area (TPSA) is 62.2 Å². The highest BCUT2D eigenvalue weighted by Crippen LogP contribution is 2.63. The van der Waals surface area contributed by atoms with E-state index in [1.807, 2.05) is 0 Å². The van der Waals surface area contributed by atoms with E-state index in [0.29, 0.717) is 36.1 Å². The fraction of sp³-hybridized carbons (Fsp3) is 0.639. The number of nitrogens with zero attached hydrogens (tertiary/aromatic N) is 2. The summed E-state index contributed by atoms with van der Waals surface area (Å²) >= 11 is 0. The Bertz CT molecular complexity index is 1520. The van der Waals surface area contributed by atoms with E-state index in [2.05, 4.69) is 62.0 Å². The summed E-state index contributed by atoms with van der Waals surface area (Å²) in [4.78, 5) is 17.6. The lowest BCUT2D eigenvalue weighted by molar-refractivity contribution is -0.138. The number of piperidine rings is 2. The fourth-order valence-electron chi connectivity index (χ4n) is 11.5. The Morgan fingerprint density at radius 3 is 2.02 bits per heavy atom. The normalized spacial score (nSPS) is 41.6. The summed E-state index contributed by atoms with van der Waals surface area (Å²) in [5.41, 5.74) is 8.30. The zero-order chi connectivity index (χ0) is 28.7. The first-order valence-electron chi connectivity index (χ1n) is 16.5. The molecule has 2 spiro atoms. The lowest BCUT2D eigenvalue weighted by Gasteiger charge is -2.58. The van der Waals surface area contributed by atoms with Crippen LogP contribution >= 0.6 is 0 Å². The van der Waals surface area contributed by atoms with Gasteiger partial charge in [0.25, 0.3) is 0 Å². The second kappa shape index (κ2) is 8.61. The molecule has 0 aromatic heterocycles. The maximum Gasteiger partial charge on any atom is 0.174 e. The summed E-state index contributed by atoms with van der Waals surface area (Å²) in [6.07, 6.45) is 7.73. The van der Waals surface area contributed by atoms with Crippen LogP contribution in [0, 0.1) is 25.7 Å². The van der Waals surface area contributed by atoms with E-state index in [-0.39, 0.29) is 29.1 Å². The molecule has 4 bridgehead atoms. The van der Waals surface area contributed by atoms with E-state index in [0.717, 1.165) is 69.5 Å². The highest BCUT2D eigenvalue weighted by molar-refractivity contribution is 5.89. The molecule has 10 rings (SSSR count). The van der Waals surface area contributed by atoms with E-state index in [1.54, 1.807) is 0 Å². The minimum atomic E-state index is -0.303. The number of hydrogen-bond donors (Lipinski definition) is 1. The van der Waals surface area contributed by atoms with Gasteiger partial charge < -0.3 is 24.4 Å². The van der Waals surface area contributed by atoms with E-state index in [9.17, 15) is 9.90 Å². The van der Waals surface area contributed by atoms with Gasteiger partial charge in [0.1, 0.15) is 17.6 Å². The molecule has 222 valence electrons. The molecule has 42 heavy (non-hydrogen) atoms. The average Bonchev–Trinajstić information content (AvgIpc) is 3.52. The molecular formula is C36H44N2O4. The number of carbonyl (C=O) groups is 1. The van der Waals surface area contributed by atoms with Crippen molar-refractivity contribution in [3.05, 3.63) is 57.6 Å². The van der Waals surface area contributed by atoms with Gasteiger partial charge in [0, 0.05) is 40.5 Å². The second-order valence-corrected chi connectivity index (χ2v) is 15.0. The van der Waals surface area contributed by atoms with Gasteiger partial charge in [-0.05, 0) is 120 Å². The van der Waals surface area contributed by atoms with Crippen LogP contribution in [0.2, 0.25) is 0 Å². The zero-order valence-electron chi connectivity index (χ0n) is 25.5. The summed E-state index contributed by atoms with van der Waals surface area (Å²) in [5.74, 6) is 3.72. The van der Waals surface area contributed by atoms with Crippen molar-refractivity contribution in [3.63, 3.8) is 0 Å². The first kappa shape index (κ1) is 26.0. The number of aliphatic hydroxyl groups is 1. The Labute approximate surface area is 249 Å². The summed E-state index contributed by atoms with van der Waals surface area (Å²) in [6.45, 7) is 6.47. The van der Waals surface area contributed by atoms with Gasteiger partial charge in [0.2, 0.25) is 0 Å². The molecule has 2 aromatic carbocycles. The van der Waals surface area contributed by atoms with Crippen LogP contribution in [0.4, 0.5) is 0 Å². The third-order valence-electron chi connectivity index (χ3n) is 13.4. The Kier molecular flexibility index (Phi) is 5.34. The molecule has 2 unspecified atom stereocenters. The average molecular weight is 569 g/mol. The third-order valence-corrected chi connectivity index (χ3v) is 13.4. The van der Waals surface area contributed by atoms with Crippen LogP contribution in [-0.2, 0) is 28.5 Å². The van der Waals surface area contributed by atoms with Crippen molar-refractivity contribution < 1.29 is 19.4 Å². The highest BCUT2D eigenvalue weighted by atomic mass is 16.5. The van der Waals surface area contributed by atoms with Gasteiger partial charge >= 0.3 is 0 Å². The number of benzene rings is 2. The van der Waals surface area contributed by atoms with Crippen LogP contribution in [0.15, 0.2) is 24.3 Å². The lowest BCUT2D eigenvalue weighted by atomic mass is 9.51. The number of rotatable bonds is 0. The van der Waals surface area contributed by atoms with Gasteiger partial charge in [0.15, 0.2) is 11.9 Å². The molecule has 6 heteroatoms. The largest absolute Gasteiger partial charge is 0.486 e. The summed E-state index contributed by atoms with van der Waals surface area (Å²) in [7, 11) is 4.52.